The summed E-state index contributed by atoms with van der Waals surface area (Å²) >= 11 is 6.72. The zero-order chi connectivity index (χ0) is 20.9. The number of nitrogens with zero attached hydrogens (tertiary/aromatic N) is 4. The van der Waals surface area contributed by atoms with Gasteiger partial charge in [0.1, 0.15) is 10.0 Å². The molecule has 2 aromatic carbocycles. The number of thiazole rings is 2. The molecule has 144 valence electrons. The first kappa shape index (κ1) is 26.8. The third kappa shape index (κ3) is 8.50. The van der Waals surface area contributed by atoms with Crippen molar-refractivity contribution in [3.63, 3.8) is 0 Å². The Morgan fingerprint density at radius 3 is 1.63 bits per heavy atom. The van der Waals surface area contributed by atoms with Crippen molar-refractivity contribution in [2.24, 2.45) is 0 Å². The van der Waals surface area contributed by atoms with Gasteiger partial charge in [0.05, 0.1) is 12.5 Å². The van der Waals surface area contributed by atoms with E-state index in [2.05, 4.69) is 44.1 Å². The fraction of sp³-hybridized carbons (Fsp3) is 0.0909. The van der Waals surface area contributed by atoms with Crippen LogP contribution >= 0.6 is 38.6 Å². The molecule has 0 aliphatic carbocycles. The van der Waals surface area contributed by atoms with E-state index in [-0.39, 0.29) is 51.4 Å². The van der Waals surface area contributed by atoms with E-state index in [1.165, 1.54) is 10.4 Å². The predicted molar refractivity (Wildman–Crippen MR) is 122 cm³/mol. The maximum absolute atomic E-state index is 8.53. The Morgan fingerprint density at radius 1 is 0.800 bits per heavy atom. The van der Waals surface area contributed by atoms with E-state index in [1.54, 1.807) is 28.9 Å². The molecular formula is C22H16BrKN4S2. The zero-order valence-corrected chi connectivity index (χ0v) is 22.7. The minimum absolute atomic E-state index is 0. The quantitative estimate of drug-likeness (QED) is 0.234. The second kappa shape index (κ2) is 15.6. The van der Waals surface area contributed by atoms with Crippen LogP contribution in [0.5, 0.6) is 0 Å². The number of hydrogen-bond acceptors (Lipinski definition) is 6. The molecule has 0 unspecified atom stereocenters. The van der Waals surface area contributed by atoms with Crippen molar-refractivity contribution < 1.29 is 51.4 Å². The second-order valence-electron chi connectivity index (χ2n) is 5.46. The summed E-state index contributed by atoms with van der Waals surface area (Å²) in [5.41, 5.74) is 2.31. The molecule has 4 rings (SSSR count). The number of aromatic nitrogens is 2. The number of halogens is 1. The molecule has 8 heteroatoms. The molecule has 0 aliphatic rings. The van der Waals surface area contributed by atoms with Gasteiger partial charge in [-0.25, -0.2) is 9.97 Å². The largest absolute Gasteiger partial charge is 1.00 e. The first-order chi connectivity index (χ1) is 14.3. The predicted octanol–water partition coefficient (Wildman–Crippen LogP) is 3.68. The molecule has 0 fully saturated rings. The van der Waals surface area contributed by atoms with Gasteiger partial charge < -0.3 is 11.8 Å². The summed E-state index contributed by atoms with van der Waals surface area (Å²) in [6, 6.07) is 22.4. The molecule has 0 saturated carbocycles. The molecule has 0 bridgehead atoms. The molecule has 0 atom stereocenters. The van der Waals surface area contributed by atoms with Crippen molar-refractivity contribution in [1.82, 2.24) is 9.97 Å². The Kier molecular flexibility index (Phi) is 13.9. The fourth-order valence-corrected chi connectivity index (χ4v) is 4.37. The van der Waals surface area contributed by atoms with E-state index in [0.717, 1.165) is 25.8 Å². The molecule has 0 radical (unpaired) electrons. The first-order valence-corrected chi connectivity index (χ1v) is 11.2. The van der Waals surface area contributed by atoms with Crippen LogP contribution in [0.25, 0.3) is 21.1 Å². The Labute approximate surface area is 235 Å². The van der Waals surface area contributed by atoms with Crippen molar-refractivity contribution in [1.29, 1.82) is 10.5 Å². The number of rotatable bonds is 4. The summed E-state index contributed by atoms with van der Waals surface area (Å²) in [5.74, 6) is 0. The minimum Gasteiger partial charge on any atom is -0.512 e. The molecule has 4 nitrogen and oxygen atoms in total. The van der Waals surface area contributed by atoms with Gasteiger partial charge in [-0.2, -0.15) is 5.26 Å². The third-order valence-corrected chi connectivity index (χ3v) is 6.60. The van der Waals surface area contributed by atoms with Gasteiger partial charge in [-0.1, -0.05) is 76.6 Å². The number of alkyl halides is 1. The molecule has 2 aromatic heterocycles. The van der Waals surface area contributed by atoms with Crippen LogP contribution < -0.4 is 51.4 Å². The maximum atomic E-state index is 8.53. The average molecular weight is 520 g/mol. The summed E-state index contributed by atoms with van der Waals surface area (Å²) in [4.78, 5) is 10.9. The van der Waals surface area contributed by atoms with Crippen molar-refractivity contribution in [3.8, 4) is 27.2 Å². The van der Waals surface area contributed by atoms with E-state index >= 15 is 0 Å². The van der Waals surface area contributed by atoms with Crippen molar-refractivity contribution in [2.75, 3.05) is 0 Å². The number of benzene rings is 2. The molecular weight excluding hydrogens is 503 g/mol. The van der Waals surface area contributed by atoms with Gasteiger partial charge in [0.2, 0.25) is 0 Å². The van der Waals surface area contributed by atoms with Gasteiger partial charge in [-0.05, 0) is 0 Å². The molecule has 0 amide bonds. The van der Waals surface area contributed by atoms with Crippen molar-refractivity contribution >= 4 is 38.6 Å². The van der Waals surface area contributed by atoms with E-state index in [4.69, 9.17) is 17.1 Å². The molecule has 0 aliphatic heterocycles. The van der Waals surface area contributed by atoms with Crippen LogP contribution in [0.1, 0.15) is 9.75 Å². The smallest absolute Gasteiger partial charge is 0.512 e. The molecule has 0 N–H and O–H groups in total. The molecule has 0 saturated heterocycles. The van der Waals surface area contributed by atoms with Crippen LogP contribution in [-0.4, -0.2) is 9.97 Å². The first-order valence-electron chi connectivity index (χ1n) is 8.45. The summed E-state index contributed by atoms with van der Waals surface area (Å²) < 4.78 is 0. The minimum atomic E-state index is 0. The van der Waals surface area contributed by atoms with E-state index in [0.29, 0.717) is 6.42 Å². The van der Waals surface area contributed by atoms with Crippen LogP contribution in [0.3, 0.4) is 0 Å². The Bertz CT molecular complexity index is 1060. The van der Waals surface area contributed by atoms with Gasteiger partial charge in [-0.3, -0.25) is 0 Å². The van der Waals surface area contributed by atoms with Gasteiger partial charge >= 0.3 is 51.4 Å². The van der Waals surface area contributed by atoms with Gasteiger partial charge in [0.25, 0.3) is 0 Å². The van der Waals surface area contributed by atoms with Crippen LogP contribution in [0, 0.1) is 23.2 Å². The van der Waals surface area contributed by atoms with Crippen molar-refractivity contribution in [3.05, 3.63) is 89.4 Å². The monoisotopic (exact) mass is 518 g/mol. The van der Waals surface area contributed by atoms with E-state index in [9.17, 15) is 0 Å². The van der Waals surface area contributed by atoms with Gasteiger partial charge in [-0.15, -0.1) is 22.7 Å². The average Bonchev–Trinajstić information content (AvgIpc) is 3.47. The SMILES string of the molecule is BrCc1cnc(-c2ccccc2)s1.N#CCc1cnc(-c2ccccc2)s1.[C-]#N.[K+]. The number of hydrogen-bond donors (Lipinski definition) is 0. The zero-order valence-electron chi connectivity index (χ0n) is 16.3. The summed E-state index contributed by atoms with van der Waals surface area (Å²) in [6.07, 6.45) is 4.14. The normalized spacial score (nSPS) is 9.00. The second-order valence-corrected chi connectivity index (χ2v) is 8.26. The van der Waals surface area contributed by atoms with Crippen LogP contribution in [-0.2, 0) is 11.8 Å². The van der Waals surface area contributed by atoms with Crippen LogP contribution in [0.15, 0.2) is 73.1 Å². The van der Waals surface area contributed by atoms with Crippen molar-refractivity contribution in [2.45, 2.75) is 11.8 Å². The van der Waals surface area contributed by atoms with Crippen LogP contribution in [0.4, 0.5) is 0 Å². The Balaban J connectivity index is 0.000000270. The maximum Gasteiger partial charge on any atom is 1.00 e. The van der Waals surface area contributed by atoms with Gasteiger partial charge in [0.15, 0.2) is 0 Å². The Hall–Kier alpha value is -1.20. The standard InChI is InChI=1S/C11H8N2S.C10H8BrNS.CN.K/c12-7-6-10-8-13-11(14-10)9-4-2-1-3-5-9;11-6-9-7-12-10(13-9)8-4-2-1-3-5-8;1-2;/h1-5,8H,6H2;1-5,7H,6H2;;/q;;-1;+1. The summed E-state index contributed by atoms with van der Waals surface area (Å²) in [6.45, 7) is 4.75. The van der Waals surface area contributed by atoms with Gasteiger partial charge in [0, 0.05) is 38.6 Å². The molecule has 4 aromatic rings. The molecule has 0 spiro atoms. The summed E-state index contributed by atoms with van der Waals surface area (Å²) in [5, 5.41) is 17.7. The fourth-order valence-electron chi connectivity index (χ4n) is 2.26. The third-order valence-electron chi connectivity index (χ3n) is 3.53. The Morgan fingerprint density at radius 2 is 1.23 bits per heavy atom. The van der Waals surface area contributed by atoms with Crippen LogP contribution in [0.2, 0.25) is 0 Å². The molecule has 2 heterocycles. The number of nitriles is 1. The topological polar surface area (TPSA) is 73.4 Å². The van der Waals surface area contributed by atoms with E-state index < -0.39 is 0 Å². The van der Waals surface area contributed by atoms with E-state index in [1.807, 2.05) is 54.7 Å². The summed E-state index contributed by atoms with van der Waals surface area (Å²) in [7, 11) is 0. The molecule has 30 heavy (non-hydrogen) atoms.